The summed E-state index contributed by atoms with van der Waals surface area (Å²) < 4.78 is 19.6. The van der Waals surface area contributed by atoms with Crippen LogP contribution in [0.5, 0.6) is 5.75 Å². The van der Waals surface area contributed by atoms with Crippen molar-refractivity contribution >= 4 is 10.8 Å². The molecule has 2 nitrogen and oxygen atoms in total. The summed E-state index contributed by atoms with van der Waals surface area (Å²) in [6.45, 7) is 4.26. The fraction of sp³-hybridized carbons (Fsp3) is 0.238. The van der Waals surface area contributed by atoms with Crippen LogP contribution in [0, 0.1) is 11.7 Å². The monoisotopic (exact) mass is 321 g/mol. The van der Waals surface area contributed by atoms with Gasteiger partial charge in [0.1, 0.15) is 11.6 Å². The molecular weight excluding hydrogens is 301 g/mol. The number of fused-ring (bicyclic) bond motifs is 3. The normalized spacial score (nSPS) is 20.0. The van der Waals surface area contributed by atoms with Crippen molar-refractivity contribution < 1.29 is 9.13 Å². The van der Waals surface area contributed by atoms with Crippen LogP contribution in [-0.2, 0) is 0 Å². The lowest BCUT2D eigenvalue weighted by atomic mass is 9.91. The van der Waals surface area contributed by atoms with Crippen molar-refractivity contribution in [2.45, 2.75) is 26.1 Å². The molecule has 0 saturated heterocycles. The van der Waals surface area contributed by atoms with Crippen LogP contribution in [0.15, 0.2) is 60.7 Å². The molecule has 0 spiro atoms. The molecule has 0 aliphatic carbocycles. The lowest BCUT2D eigenvalue weighted by Gasteiger charge is -2.36. The number of halogens is 1. The standard InChI is InChI=1S/C21H20FNO/c1-13(2)21-23-20(15-7-10-16(22)11-8-15)19-17-6-4-3-5-14(17)9-12-18(19)24-21/h3-13,20-21,23H,1-2H3/t20-,21+/m0/s1. The van der Waals surface area contributed by atoms with Gasteiger partial charge in [-0.05, 0) is 34.5 Å². The molecule has 2 atom stereocenters. The Kier molecular flexibility index (Phi) is 3.73. The third kappa shape index (κ3) is 2.55. The van der Waals surface area contributed by atoms with Gasteiger partial charge < -0.3 is 4.74 Å². The zero-order valence-corrected chi connectivity index (χ0v) is 13.8. The van der Waals surface area contributed by atoms with Gasteiger partial charge in [0, 0.05) is 11.5 Å². The van der Waals surface area contributed by atoms with Gasteiger partial charge in [0.05, 0.1) is 6.04 Å². The summed E-state index contributed by atoms with van der Waals surface area (Å²) in [7, 11) is 0. The van der Waals surface area contributed by atoms with E-state index in [4.69, 9.17) is 4.74 Å². The SMILES string of the molecule is CC(C)[C@@H]1N[C@@H](c2ccc(F)cc2)c2c(ccc3ccccc23)O1. The highest BCUT2D eigenvalue weighted by Gasteiger charge is 2.31. The molecular formula is C21H20FNO. The number of benzene rings is 3. The van der Waals surface area contributed by atoms with Crippen LogP contribution in [0.2, 0.25) is 0 Å². The molecule has 0 fully saturated rings. The Hall–Kier alpha value is -2.39. The van der Waals surface area contributed by atoms with E-state index < -0.39 is 0 Å². The third-order valence-electron chi connectivity index (χ3n) is 4.61. The van der Waals surface area contributed by atoms with Crippen LogP contribution in [-0.4, -0.2) is 6.23 Å². The topological polar surface area (TPSA) is 21.3 Å². The van der Waals surface area contributed by atoms with Crippen LogP contribution >= 0.6 is 0 Å². The maximum Gasteiger partial charge on any atom is 0.153 e. The second kappa shape index (κ2) is 5.91. The molecule has 1 aliphatic rings. The quantitative estimate of drug-likeness (QED) is 0.714. The summed E-state index contributed by atoms with van der Waals surface area (Å²) >= 11 is 0. The summed E-state index contributed by atoms with van der Waals surface area (Å²) in [4.78, 5) is 0. The van der Waals surface area contributed by atoms with E-state index in [2.05, 4.69) is 37.4 Å². The lowest BCUT2D eigenvalue weighted by Crippen LogP contribution is -2.45. The van der Waals surface area contributed by atoms with E-state index in [-0.39, 0.29) is 18.1 Å². The van der Waals surface area contributed by atoms with E-state index in [9.17, 15) is 4.39 Å². The van der Waals surface area contributed by atoms with Crippen LogP contribution in [0.3, 0.4) is 0 Å². The zero-order chi connectivity index (χ0) is 16.7. The zero-order valence-electron chi connectivity index (χ0n) is 13.8. The fourth-order valence-corrected chi connectivity index (χ4v) is 3.34. The Balaban J connectivity index is 1.92. The highest BCUT2D eigenvalue weighted by atomic mass is 19.1. The first-order chi connectivity index (χ1) is 11.6. The van der Waals surface area contributed by atoms with Crippen molar-refractivity contribution in [3.63, 3.8) is 0 Å². The van der Waals surface area contributed by atoms with E-state index in [0.29, 0.717) is 5.92 Å². The molecule has 0 radical (unpaired) electrons. The van der Waals surface area contributed by atoms with Crippen LogP contribution in [0.4, 0.5) is 4.39 Å². The Morgan fingerprint density at radius 1 is 0.958 bits per heavy atom. The summed E-state index contributed by atoms with van der Waals surface area (Å²) in [5.74, 6) is 1.01. The first-order valence-electron chi connectivity index (χ1n) is 8.33. The molecule has 4 rings (SSSR count). The van der Waals surface area contributed by atoms with Crippen LogP contribution in [0.1, 0.15) is 31.0 Å². The van der Waals surface area contributed by atoms with E-state index in [1.807, 2.05) is 30.3 Å². The average Bonchev–Trinajstić information content (AvgIpc) is 2.61. The molecule has 1 heterocycles. The second-order valence-electron chi connectivity index (χ2n) is 6.63. The molecule has 0 bridgehead atoms. The molecule has 0 amide bonds. The highest BCUT2D eigenvalue weighted by molar-refractivity contribution is 5.89. The number of ether oxygens (including phenoxy) is 1. The van der Waals surface area contributed by atoms with E-state index in [1.54, 1.807) is 0 Å². The van der Waals surface area contributed by atoms with Crippen LogP contribution < -0.4 is 10.1 Å². The number of rotatable bonds is 2. The molecule has 24 heavy (non-hydrogen) atoms. The van der Waals surface area contributed by atoms with E-state index >= 15 is 0 Å². The van der Waals surface area contributed by atoms with Crippen molar-refractivity contribution in [2.24, 2.45) is 5.92 Å². The van der Waals surface area contributed by atoms with Gasteiger partial charge in [-0.25, -0.2) is 4.39 Å². The minimum Gasteiger partial charge on any atom is -0.475 e. The van der Waals surface area contributed by atoms with Crippen molar-refractivity contribution in [2.75, 3.05) is 0 Å². The van der Waals surface area contributed by atoms with Crippen molar-refractivity contribution in [1.82, 2.24) is 5.32 Å². The van der Waals surface area contributed by atoms with Crippen molar-refractivity contribution in [3.8, 4) is 5.75 Å². The largest absolute Gasteiger partial charge is 0.475 e. The van der Waals surface area contributed by atoms with Crippen molar-refractivity contribution in [3.05, 3.63) is 77.6 Å². The maximum absolute atomic E-state index is 13.4. The van der Waals surface area contributed by atoms with Gasteiger partial charge >= 0.3 is 0 Å². The Morgan fingerprint density at radius 2 is 1.71 bits per heavy atom. The van der Waals surface area contributed by atoms with Gasteiger partial charge in [-0.2, -0.15) is 0 Å². The van der Waals surface area contributed by atoms with Gasteiger partial charge in [0.25, 0.3) is 0 Å². The highest BCUT2D eigenvalue weighted by Crippen LogP contribution is 2.40. The summed E-state index contributed by atoms with van der Waals surface area (Å²) in [5, 5.41) is 5.94. The smallest absolute Gasteiger partial charge is 0.153 e. The van der Waals surface area contributed by atoms with E-state index in [1.165, 1.54) is 22.9 Å². The van der Waals surface area contributed by atoms with Gasteiger partial charge in [-0.15, -0.1) is 0 Å². The summed E-state index contributed by atoms with van der Waals surface area (Å²) in [6.07, 6.45) is -0.0753. The molecule has 3 heteroatoms. The second-order valence-corrected chi connectivity index (χ2v) is 6.63. The first-order valence-corrected chi connectivity index (χ1v) is 8.33. The molecule has 122 valence electrons. The molecule has 0 saturated carbocycles. The van der Waals surface area contributed by atoms with Gasteiger partial charge in [0.15, 0.2) is 6.23 Å². The van der Waals surface area contributed by atoms with E-state index in [0.717, 1.165) is 16.9 Å². The Labute approximate surface area is 141 Å². The van der Waals surface area contributed by atoms with Crippen molar-refractivity contribution in [1.29, 1.82) is 0 Å². The molecule has 1 aliphatic heterocycles. The molecule has 0 aromatic heterocycles. The number of hydrogen-bond acceptors (Lipinski definition) is 2. The van der Waals surface area contributed by atoms with Gasteiger partial charge in [-0.1, -0.05) is 56.3 Å². The fourth-order valence-electron chi connectivity index (χ4n) is 3.34. The molecule has 0 unspecified atom stereocenters. The number of hydrogen-bond donors (Lipinski definition) is 1. The lowest BCUT2D eigenvalue weighted by molar-refractivity contribution is 0.0891. The Bertz CT molecular complexity index is 873. The molecule has 3 aromatic carbocycles. The number of nitrogens with one attached hydrogen (secondary N) is 1. The maximum atomic E-state index is 13.4. The predicted octanol–water partition coefficient (Wildman–Crippen LogP) is 5.03. The minimum atomic E-state index is -0.218. The summed E-state index contributed by atoms with van der Waals surface area (Å²) in [5.41, 5.74) is 2.17. The first kappa shape index (κ1) is 15.2. The predicted molar refractivity (Wildman–Crippen MR) is 94.6 cm³/mol. The molecule has 1 N–H and O–H groups in total. The summed E-state index contributed by atoms with van der Waals surface area (Å²) in [6, 6.07) is 19.1. The molecule has 3 aromatic rings. The Morgan fingerprint density at radius 3 is 2.46 bits per heavy atom. The average molecular weight is 321 g/mol. The minimum absolute atomic E-state index is 0.0205. The van der Waals surface area contributed by atoms with Crippen LogP contribution in [0.25, 0.3) is 10.8 Å². The van der Waals surface area contributed by atoms with Gasteiger partial charge in [-0.3, -0.25) is 5.32 Å². The van der Waals surface area contributed by atoms with Gasteiger partial charge in [0.2, 0.25) is 0 Å². The third-order valence-corrected chi connectivity index (χ3v) is 4.61.